The van der Waals surface area contributed by atoms with E-state index in [0.29, 0.717) is 11.5 Å². The first-order chi connectivity index (χ1) is 9.22. The van der Waals surface area contributed by atoms with Gasteiger partial charge in [-0.2, -0.15) is 0 Å². The molecule has 1 aromatic rings. The van der Waals surface area contributed by atoms with E-state index in [0.717, 1.165) is 10.0 Å². The fourth-order valence-electron chi connectivity index (χ4n) is 1.01. The van der Waals surface area contributed by atoms with Crippen LogP contribution in [0, 0.1) is 20.0 Å². The maximum absolute atomic E-state index is 9.02. The molecular formula is C12H11BrCrO6. The van der Waals surface area contributed by atoms with Crippen LogP contribution >= 0.6 is 15.9 Å². The van der Waals surface area contributed by atoms with Crippen molar-refractivity contribution in [2.24, 2.45) is 0 Å². The Hall–Kier alpha value is -0.988. The second-order valence-electron chi connectivity index (χ2n) is 2.46. The third kappa shape index (κ3) is 9.88. The van der Waals surface area contributed by atoms with Crippen LogP contribution in [-0.2, 0) is 37.9 Å². The van der Waals surface area contributed by atoms with Gasteiger partial charge in [-0.1, -0.05) is 0 Å². The molecule has 0 saturated heterocycles. The van der Waals surface area contributed by atoms with Gasteiger partial charge >= 0.3 is 33.9 Å². The zero-order valence-electron chi connectivity index (χ0n) is 10.6. The molecule has 1 rings (SSSR count). The zero-order valence-corrected chi connectivity index (χ0v) is 13.5. The Balaban J connectivity index is -0.000000162. The topological polar surface area (TPSA) is 98.4 Å². The van der Waals surface area contributed by atoms with Gasteiger partial charge in [0.1, 0.15) is 11.5 Å². The SMILES string of the molecule is COc1cc(CO)c(Br)c(OC)c1.[C-]#[O+].[C-]#[O+].[C-]#[O+].[Cr]. The molecule has 0 unspecified atom stereocenters. The van der Waals surface area contributed by atoms with Crippen LogP contribution in [-0.4, -0.2) is 19.3 Å². The van der Waals surface area contributed by atoms with E-state index in [1.54, 1.807) is 26.4 Å². The summed E-state index contributed by atoms with van der Waals surface area (Å²) in [6, 6.07) is 3.51. The van der Waals surface area contributed by atoms with E-state index < -0.39 is 0 Å². The molecule has 108 valence electrons. The third-order valence-electron chi connectivity index (χ3n) is 1.71. The Bertz CT molecular complexity index is 377. The Labute approximate surface area is 136 Å². The smallest absolute Gasteiger partial charge is 0 e. The quantitative estimate of drug-likeness (QED) is 0.637. The average molecular weight is 383 g/mol. The van der Waals surface area contributed by atoms with E-state index in [1.807, 2.05) is 0 Å². The molecule has 0 aromatic heterocycles. The number of methoxy groups -OCH3 is 2. The number of benzene rings is 1. The molecule has 0 aliphatic rings. The summed E-state index contributed by atoms with van der Waals surface area (Å²) in [5, 5.41) is 9.02. The molecule has 0 bridgehead atoms. The molecule has 20 heavy (non-hydrogen) atoms. The minimum absolute atomic E-state index is 0. The molecule has 1 aromatic carbocycles. The fraction of sp³-hybridized carbons (Fsp3) is 0.250. The summed E-state index contributed by atoms with van der Waals surface area (Å²) in [5.74, 6) is 1.33. The molecule has 0 aliphatic heterocycles. The van der Waals surface area contributed by atoms with Crippen LogP contribution < -0.4 is 9.47 Å². The maximum Gasteiger partial charge on any atom is 0 e. The number of hydrogen-bond acceptors (Lipinski definition) is 3. The number of ether oxygens (including phenoxy) is 2. The first-order valence-electron chi connectivity index (χ1n) is 4.35. The van der Waals surface area contributed by atoms with Crippen molar-refractivity contribution in [3.8, 4) is 11.5 Å². The van der Waals surface area contributed by atoms with Crippen molar-refractivity contribution in [1.29, 1.82) is 0 Å². The number of aliphatic hydroxyl groups is 1. The molecule has 0 saturated carbocycles. The van der Waals surface area contributed by atoms with Crippen LogP contribution in [0.3, 0.4) is 0 Å². The van der Waals surface area contributed by atoms with E-state index in [2.05, 4.69) is 35.9 Å². The van der Waals surface area contributed by atoms with Gasteiger partial charge in [0, 0.05) is 23.4 Å². The fourth-order valence-corrected chi connectivity index (χ4v) is 1.53. The first-order valence-corrected chi connectivity index (χ1v) is 5.14. The van der Waals surface area contributed by atoms with Crippen LogP contribution in [0.5, 0.6) is 11.5 Å². The molecule has 0 fully saturated rings. The average Bonchev–Trinajstić information content (AvgIpc) is 2.53. The molecule has 0 radical (unpaired) electrons. The molecule has 8 heteroatoms. The number of halogens is 1. The van der Waals surface area contributed by atoms with Crippen molar-refractivity contribution in [2.45, 2.75) is 6.61 Å². The predicted octanol–water partition coefficient (Wildman–Crippen LogP) is 1.84. The van der Waals surface area contributed by atoms with Crippen LogP contribution in [0.1, 0.15) is 5.56 Å². The van der Waals surface area contributed by atoms with Gasteiger partial charge in [-0.15, -0.1) is 0 Å². The molecule has 0 spiro atoms. The van der Waals surface area contributed by atoms with Gasteiger partial charge in [-0.25, -0.2) is 0 Å². The van der Waals surface area contributed by atoms with E-state index >= 15 is 0 Å². The second-order valence-corrected chi connectivity index (χ2v) is 3.25. The van der Waals surface area contributed by atoms with E-state index in [4.69, 9.17) is 28.5 Å². The molecule has 0 amide bonds. The van der Waals surface area contributed by atoms with E-state index in [9.17, 15) is 0 Å². The van der Waals surface area contributed by atoms with E-state index in [-0.39, 0.29) is 24.0 Å². The Morgan fingerprint density at radius 3 is 1.80 bits per heavy atom. The van der Waals surface area contributed by atoms with E-state index in [1.165, 1.54) is 0 Å². The van der Waals surface area contributed by atoms with Gasteiger partial charge in [0.25, 0.3) is 0 Å². The summed E-state index contributed by atoms with van der Waals surface area (Å²) in [4.78, 5) is 0. The van der Waals surface area contributed by atoms with Gasteiger partial charge in [0.2, 0.25) is 0 Å². The van der Waals surface area contributed by atoms with Crippen LogP contribution in [0.15, 0.2) is 16.6 Å². The van der Waals surface area contributed by atoms with Crippen molar-refractivity contribution >= 4 is 15.9 Å². The van der Waals surface area contributed by atoms with Crippen molar-refractivity contribution in [3.05, 3.63) is 42.1 Å². The van der Waals surface area contributed by atoms with Gasteiger partial charge in [0.05, 0.1) is 25.3 Å². The van der Waals surface area contributed by atoms with Gasteiger partial charge in [0.15, 0.2) is 0 Å². The van der Waals surface area contributed by atoms with Crippen LogP contribution in [0.2, 0.25) is 0 Å². The standard InChI is InChI=1S/C9H11BrO3.3CO.Cr/c1-12-7-3-6(5-11)9(10)8(4-7)13-2;3*1-2;/h3-4,11H,5H2,1-2H3;;;;. The second kappa shape index (κ2) is 20.3. The van der Waals surface area contributed by atoms with Crippen molar-refractivity contribution in [1.82, 2.24) is 0 Å². The third-order valence-corrected chi connectivity index (χ3v) is 2.61. The molecular weight excluding hydrogens is 372 g/mol. The maximum atomic E-state index is 9.02. The summed E-state index contributed by atoms with van der Waals surface area (Å²) in [5.41, 5.74) is 0.746. The van der Waals surface area contributed by atoms with Crippen molar-refractivity contribution < 1.29 is 45.9 Å². The largest absolute Gasteiger partial charge is 0 e. The molecule has 6 nitrogen and oxygen atoms in total. The Morgan fingerprint density at radius 1 is 1.05 bits per heavy atom. The summed E-state index contributed by atoms with van der Waals surface area (Å²) in [6.45, 7) is 13.5. The molecule has 0 heterocycles. The summed E-state index contributed by atoms with van der Waals surface area (Å²) < 4.78 is 33.4. The summed E-state index contributed by atoms with van der Waals surface area (Å²) >= 11 is 3.32. The van der Waals surface area contributed by atoms with Crippen molar-refractivity contribution in [3.63, 3.8) is 0 Å². The number of aliphatic hydroxyl groups excluding tert-OH is 1. The van der Waals surface area contributed by atoms with Gasteiger partial charge in [-0.3, -0.25) is 0 Å². The summed E-state index contributed by atoms with van der Waals surface area (Å²) in [6.07, 6.45) is 0. The first kappa shape index (κ1) is 27.4. The monoisotopic (exact) mass is 382 g/mol. The van der Waals surface area contributed by atoms with Crippen LogP contribution in [0.4, 0.5) is 0 Å². The number of hydrogen-bond donors (Lipinski definition) is 1. The predicted molar refractivity (Wildman–Crippen MR) is 65.0 cm³/mol. The van der Waals surface area contributed by atoms with Gasteiger partial charge < -0.3 is 14.6 Å². The summed E-state index contributed by atoms with van der Waals surface area (Å²) in [7, 11) is 3.14. The number of rotatable bonds is 3. The van der Waals surface area contributed by atoms with Crippen LogP contribution in [0.25, 0.3) is 0 Å². The Kier molecular flexibility index (Phi) is 27.8. The molecule has 0 atom stereocenters. The van der Waals surface area contributed by atoms with Gasteiger partial charge in [-0.05, 0) is 27.6 Å². The Morgan fingerprint density at radius 2 is 1.50 bits per heavy atom. The molecule has 1 N–H and O–H groups in total. The normalized spacial score (nSPS) is 6.70. The minimum atomic E-state index is -0.0475. The zero-order chi connectivity index (χ0) is 15.8. The minimum Gasteiger partial charge on any atom is 0 e. The van der Waals surface area contributed by atoms with Crippen molar-refractivity contribution in [2.75, 3.05) is 14.2 Å². The molecule has 0 aliphatic carbocycles.